The van der Waals surface area contributed by atoms with E-state index in [2.05, 4.69) is 102 Å². The zero-order valence-corrected chi connectivity index (χ0v) is 29.1. The van der Waals surface area contributed by atoms with Gasteiger partial charge in [-0.3, -0.25) is 0 Å². The average molecular weight is 547 g/mol. The second-order valence-corrected chi connectivity index (χ2v) is 36.0. The van der Waals surface area contributed by atoms with Crippen LogP contribution in [0.4, 0.5) is 0 Å². The molecule has 0 saturated heterocycles. The predicted octanol–water partition coefficient (Wildman–Crippen LogP) is 6.47. The fourth-order valence-corrected chi connectivity index (χ4v) is 32.2. The summed E-state index contributed by atoms with van der Waals surface area (Å²) < 4.78 is 26.5. The largest absolute Gasteiger partial charge is 0.456 e. The predicted molar refractivity (Wildman–Crippen MR) is 156 cm³/mol. The van der Waals surface area contributed by atoms with Gasteiger partial charge in [-0.25, -0.2) is 0 Å². The quantitative estimate of drug-likeness (QED) is 0.251. The Morgan fingerprint density at radius 1 is 0.656 bits per heavy atom. The van der Waals surface area contributed by atoms with Crippen LogP contribution >= 0.6 is 0 Å². The van der Waals surface area contributed by atoms with E-state index in [9.17, 15) is 0 Å². The molecule has 0 spiro atoms. The minimum absolute atomic E-state index is 1.08. The van der Waals surface area contributed by atoms with Crippen LogP contribution in [0.1, 0.15) is 0 Å². The molecule has 0 fully saturated rings. The van der Waals surface area contributed by atoms with Crippen LogP contribution in [-0.2, 0) is 16.8 Å². The summed E-state index contributed by atoms with van der Waals surface area (Å²) in [7, 11) is -8.82. The van der Waals surface area contributed by atoms with Crippen molar-refractivity contribution < 1.29 is 16.8 Å². The first-order chi connectivity index (χ1) is 14.4. The molecule has 0 aliphatic rings. The molecule has 0 bridgehead atoms. The summed E-state index contributed by atoms with van der Waals surface area (Å²) in [6.45, 7) is 25.7. The Labute approximate surface area is 205 Å². The summed E-state index contributed by atoms with van der Waals surface area (Å²) in [6.07, 6.45) is 0. The van der Waals surface area contributed by atoms with Crippen molar-refractivity contribution in [3.05, 3.63) is 30.3 Å². The summed E-state index contributed by atoms with van der Waals surface area (Å²) in [5.74, 6) is 0. The van der Waals surface area contributed by atoms with Gasteiger partial charge in [0.1, 0.15) is 0 Å². The fourth-order valence-electron chi connectivity index (χ4n) is 4.19. The summed E-state index contributed by atoms with van der Waals surface area (Å²) >= 11 is 0. The Bertz CT molecular complexity index is 693. The van der Waals surface area contributed by atoms with E-state index in [0.29, 0.717) is 0 Å². The molecule has 2 unspecified atom stereocenters. The first kappa shape index (κ1) is 30.4. The van der Waals surface area contributed by atoms with Crippen molar-refractivity contribution in [2.75, 3.05) is 7.11 Å². The third-order valence-corrected chi connectivity index (χ3v) is 26.7. The van der Waals surface area contributed by atoms with Crippen LogP contribution in [0.5, 0.6) is 0 Å². The maximum Gasteiger partial charge on any atom is 0.348 e. The highest BCUT2D eigenvalue weighted by molar-refractivity contribution is 6.95. The highest BCUT2D eigenvalue weighted by Gasteiger charge is 2.45. The van der Waals surface area contributed by atoms with Gasteiger partial charge in [-0.1, -0.05) is 30.3 Å². The molecule has 0 aliphatic carbocycles. The maximum absolute atomic E-state index is 7.15. The van der Waals surface area contributed by atoms with Gasteiger partial charge in [0.25, 0.3) is 0 Å². The van der Waals surface area contributed by atoms with Crippen molar-refractivity contribution in [2.24, 2.45) is 0 Å². The van der Waals surface area contributed by atoms with E-state index in [1.807, 2.05) is 7.11 Å². The van der Waals surface area contributed by atoms with E-state index >= 15 is 0 Å². The molecule has 1 rings (SSSR count). The van der Waals surface area contributed by atoms with Crippen LogP contribution in [0.2, 0.25) is 96.2 Å². The molecule has 0 N–H and O–H groups in total. The van der Waals surface area contributed by atoms with Crippen LogP contribution < -0.4 is 5.19 Å². The van der Waals surface area contributed by atoms with Gasteiger partial charge in [-0.05, 0) is 101 Å². The highest BCUT2D eigenvalue weighted by Crippen LogP contribution is 2.30. The zero-order chi connectivity index (χ0) is 24.8. The molecule has 0 aliphatic heterocycles. The molecule has 0 heterocycles. The molecule has 186 valence electrons. The summed E-state index contributed by atoms with van der Waals surface area (Å²) in [5.41, 5.74) is 0. The molecule has 0 radical (unpaired) electrons. The van der Waals surface area contributed by atoms with Gasteiger partial charge >= 0.3 is 8.56 Å². The van der Waals surface area contributed by atoms with Crippen LogP contribution in [0.3, 0.4) is 0 Å². The molecule has 2 atom stereocenters. The lowest BCUT2D eigenvalue weighted by Crippen LogP contribution is -2.61. The molecular weight excluding hydrogens is 497 g/mol. The van der Waals surface area contributed by atoms with Gasteiger partial charge in [0.05, 0.1) is 0 Å². The van der Waals surface area contributed by atoms with Crippen molar-refractivity contribution >= 4 is 56.1 Å². The second-order valence-electron chi connectivity index (χ2n) is 12.1. The number of hydrogen-bond donors (Lipinski definition) is 0. The highest BCUT2D eigenvalue weighted by atomic mass is 28.5. The average Bonchev–Trinajstić information content (AvgIpc) is 2.63. The third kappa shape index (κ3) is 11.7. The molecule has 0 aromatic heterocycles. The van der Waals surface area contributed by atoms with Gasteiger partial charge in [0, 0.05) is 7.11 Å². The van der Waals surface area contributed by atoms with Crippen molar-refractivity contribution in [3.8, 4) is 0 Å². The number of hydrogen-bond acceptors (Lipinski definition) is 4. The first-order valence-electron chi connectivity index (χ1n) is 12.1. The van der Waals surface area contributed by atoms with Crippen LogP contribution in [-0.4, -0.2) is 58.0 Å². The lowest BCUT2D eigenvalue weighted by Gasteiger charge is -2.42. The van der Waals surface area contributed by atoms with Crippen LogP contribution in [0.15, 0.2) is 30.3 Å². The lowest BCUT2D eigenvalue weighted by molar-refractivity contribution is 0.396. The van der Waals surface area contributed by atoms with Gasteiger partial charge in [-0.15, -0.1) is 0 Å². The zero-order valence-electron chi connectivity index (χ0n) is 22.9. The van der Waals surface area contributed by atoms with Crippen molar-refractivity contribution in [1.29, 1.82) is 0 Å². The minimum atomic E-state index is -2.54. The summed E-state index contributed by atoms with van der Waals surface area (Å²) in [5, 5.41) is 1.26. The van der Waals surface area contributed by atoms with Crippen molar-refractivity contribution in [2.45, 2.75) is 96.2 Å². The maximum atomic E-state index is 7.15. The van der Waals surface area contributed by atoms with Crippen LogP contribution in [0.25, 0.3) is 0 Å². The summed E-state index contributed by atoms with van der Waals surface area (Å²) in [4.78, 5) is 0. The van der Waals surface area contributed by atoms with E-state index in [4.69, 9.17) is 16.8 Å². The van der Waals surface area contributed by atoms with Gasteiger partial charge in [0.2, 0.25) is 0 Å². The lowest BCUT2D eigenvalue weighted by atomic mass is 10.4. The molecule has 1 aromatic rings. The van der Waals surface area contributed by atoms with Gasteiger partial charge < -0.3 is 16.8 Å². The van der Waals surface area contributed by atoms with E-state index in [1.165, 1.54) is 11.2 Å². The molecule has 0 saturated carbocycles. The fraction of sp³-hybridized carbons (Fsp3) is 0.727. The molecular formula is C22H50O4Si6. The Morgan fingerprint density at radius 2 is 1.09 bits per heavy atom. The van der Waals surface area contributed by atoms with E-state index in [0.717, 1.165) is 18.1 Å². The molecule has 10 heteroatoms. The van der Waals surface area contributed by atoms with E-state index < -0.39 is 50.9 Å². The Balaban J connectivity index is 3.03. The Hall–Kier alpha value is 0.361. The van der Waals surface area contributed by atoms with Crippen molar-refractivity contribution in [3.63, 3.8) is 0 Å². The topological polar surface area (TPSA) is 36.9 Å². The standard InChI is InChI=1S/C22H50O4Si6/c1-23-27(2)18-19-29(6,7)25-32(12,22-16-14-13-15-17-22)26-31(10,11)21-20-30(8,9)24-28(3,4)5/h13-17,27H,18-21H2,1-12H3. The Morgan fingerprint density at radius 3 is 1.53 bits per heavy atom. The molecule has 32 heavy (non-hydrogen) atoms. The van der Waals surface area contributed by atoms with Crippen LogP contribution in [0, 0.1) is 0 Å². The smallest absolute Gasteiger partial charge is 0.348 e. The van der Waals surface area contributed by atoms with Crippen molar-refractivity contribution in [1.82, 2.24) is 0 Å². The van der Waals surface area contributed by atoms with E-state index in [-0.39, 0.29) is 0 Å². The summed E-state index contributed by atoms with van der Waals surface area (Å²) in [6, 6.07) is 15.3. The molecule has 4 nitrogen and oxygen atoms in total. The van der Waals surface area contributed by atoms with E-state index in [1.54, 1.807) is 0 Å². The Kier molecular flexibility index (Phi) is 11.3. The monoisotopic (exact) mass is 546 g/mol. The normalized spacial score (nSPS) is 16.6. The molecule has 1 aromatic carbocycles. The SMILES string of the molecule is CO[SiH](C)CC[Si](C)(C)O[Si](C)(O[Si](C)(C)CC[Si](C)(C)O[Si](C)(C)C)c1ccccc1. The van der Waals surface area contributed by atoms with Gasteiger partial charge in [0.15, 0.2) is 42.3 Å². The molecule has 0 amide bonds. The number of benzene rings is 1. The minimum Gasteiger partial charge on any atom is -0.456 e. The number of rotatable bonds is 14. The third-order valence-electron chi connectivity index (χ3n) is 5.71. The first-order valence-corrected chi connectivity index (χ1v) is 29.6. The second kappa shape index (κ2) is 11.9. The van der Waals surface area contributed by atoms with Gasteiger partial charge in [-0.2, -0.15) is 0 Å².